The SMILES string of the molecule is CC(C)NCc1cccc2c1C1(CCN(Cc3ccccc3)CC1)CN2C1=NC=NC2=CC[C@@H](C)C21. The highest BCUT2D eigenvalue weighted by Crippen LogP contribution is 2.50. The molecule has 2 atom stereocenters. The summed E-state index contributed by atoms with van der Waals surface area (Å²) in [4.78, 5) is 14.8. The summed E-state index contributed by atoms with van der Waals surface area (Å²) in [6.07, 6.45) is 7.57. The average molecular weight is 482 g/mol. The van der Waals surface area contributed by atoms with Gasteiger partial charge in [-0.3, -0.25) is 4.90 Å². The third kappa shape index (κ3) is 4.22. The number of benzene rings is 2. The molecule has 0 amide bonds. The maximum atomic E-state index is 4.94. The number of hydrogen-bond acceptors (Lipinski definition) is 5. The van der Waals surface area contributed by atoms with Gasteiger partial charge < -0.3 is 10.2 Å². The first-order valence-corrected chi connectivity index (χ1v) is 13.7. The Balaban J connectivity index is 1.33. The van der Waals surface area contributed by atoms with E-state index in [2.05, 4.69) is 95.5 Å². The van der Waals surface area contributed by atoms with Crippen molar-refractivity contribution >= 4 is 17.9 Å². The highest BCUT2D eigenvalue weighted by Gasteiger charge is 2.49. The molecule has 2 aromatic rings. The van der Waals surface area contributed by atoms with E-state index >= 15 is 0 Å². The summed E-state index contributed by atoms with van der Waals surface area (Å²) in [6, 6.07) is 18.3. The molecule has 5 nitrogen and oxygen atoms in total. The molecule has 0 saturated carbocycles. The van der Waals surface area contributed by atoms with Gasteiger partial charge in [0.15, 0.2) is 0 Å². The second kappa shape index (κ2) is 9.60. The monoisotopic (exact) mass is 481 g/mol. The second-order valence-corrected chi connectivity index (χ2v) is 11.5. The lowest BCUT2D eigenvalue weighted by atomic mass is 9.72. The molecule has 188 valence electrons. The Morgan fingerprint density at radius 2 is 1.86 bits per heavy atom. The van der Waals surface area contributed by atoms with Gasteiger partial charge in [0.05, 0.1) is 5.92 Å². The van der Waals surface area contributed by atoms with E-state index in [0.717, 1.165) is 39.1 Å². The molecule has 0 radical (unpaired) electrons. The molecule has 0 bridgehead atoms. The van der Waals surface area contributed by atoms with Gasteiger partial charge in [-0.15, -0.1) is 0 Å². The Morgan fingerprint density at radius 3 is 2.64 bits per heavy atom. The molecule has 1 spiro atoms. The van der Waals surface area contributed by atoms with Gasteiger partial charge in [0, 0.05) is 42.5 Å². The fourth-order valence-corrected chi connectivity index (χ4v) is 6.80. The zero-order valence-corrected chi connectivity index (χ0v) is 22.0. The summed E-state index contributed by atoms with van der Waals surface area (Å²) in [5.41, 5.74) is 7.20. The molecule has 2 aromatic carbocycles. The predicted octanol–water partition coefficient (Wildman–Crippen LogP) is 5.52. The number of allylic oxidation sites excluding steroid dienone is 1. The van der Waals surface area contributed by atoms with Crippen LogP contribution in [0.2, 0.25) is 0 Å². The van der Waals surface area contributed by atoms with Crippen molar-refractivity contribution in [2.75, 3.05) is 24.5 Å². The molecule has 6 rings (SSSR count). The number of rotatable bonds is 5. The normalized spacial score (nSPS) is 24.7. The minimum absolute atomic E-state index is 0.167. The van der Waals surface area contributed by atoms with E-state index in [-0.39, 0.29) is 5.41 Å². The van der Waals surface area contributed by atoms with Gasteiger partial charge in [0.25, 0.3) is 0 Å². The van der Waals surface area contributed by atoms with E-state index in [1.807, 2.05) is 0 Å². The Kier molecular flexibility index (Phi) is 6.30. The van der Waals surface area contributed by atoms with Crippen LogP contribution in [0.25, 0.3) is 0 Å². The first-order chi connectivity index (χ1) is 17.5. The molecule has 1 fully saturated rings. The lowest BCUT2D eigenvalue weighted by molar-refractivity contribution is 0.160. The molecule has 1 unspecified atom stereocenters. The van der Waals surface area contributed by atoms with Crippen molar-refractivity contribution < 1.29 is 0 Å². The Morgan fingerprint density at radius 1 is 1.06 bits per heavy atom. The summed E-state index contributed by atoms with van der Waals surface area (Å²) < 4.78 is 0. The molecule has 4 aliphatic rings. The molecule has 0 aromatic heterocycles. The number of fused-ring (bicyclic) bond motifs is 3. The summed E-state index contributed by atoms with van der Waals surface area (Å²) in [5, 5.41) is 3.70. The molecule has 1 saturated heterocycles. The molecule has 3 heterocycles. The number of nitrogens with zero attached hydrogens (tertiary/aromatic N) is 4. The van der Waals surface area contributed by atoms with Crippen LogP contribution in [0.15, 0.2) is 70.3 Å². The van der Waals surface area contributed by atoms with Crippen LogP contribution >= 0.6 is 0 Å². The van der Waals surface area contributed by atoms with Gasteiger partial charge in [-0.25, -0.2) is 9.98 Å². The van der Waals surface area contributed by atoms with Crippen LogP contribution in [0, 0.1) is 11.8 Å². The van der Waals surface area contributed by atoms with Crippen LogP contribution < -0.4 is 10.2 Å². The maximum absolute atomic E-state index is 4.94. The van der Waals surface area contributed by atoms with Crippen molar-refractivity contribution in [3.8, 4) is 0 Å². The van der Waals surface area contributed by atoms with Crippen molar-refractivity contribution in [1.29, 1.82) is 0 Å². The Labute approximate surface area is 216 Å². The number of aliphatic imine (C=N–C) groups is 2. The minimum Gasteiger partial charge on any atom is -0.328 e. The number of nitrogens with one attached hydrogen (secondary N) is 1. The number of likely N-dealkylation sites (tertiary alicyclic amines) is 1. The predicted molar refractivity (Wildman–Crippen MR) is 150 cm³/mol. The fourth-order valence-electron chi connectivity index (χ4n) is 6.80. The van der Waals surface area contributed by atoms with Gasteiger partial charge in [-0.05, 0) is 61.0 Å². The van der Waals surface area contributed by atoms with Crippen LogP contribution in [0.3, 0.4) is 0 Å². The first kappa shape index (κ1) is 23.6. The minimum atomic E-state index is 0.167. The zero-order valence-electron chi connectivity index (χ0n) is 22.0. The lowest BCUT2D eigenvalue weighted by Gasteiger charge is -2.41. The van der Waals surface area contributed by atoms with E-state index < -0.39 is 0 Å². The van der Waals surface area contributed by atoms with E-state index in [1.54, 1.807) is 11.9 Å². The van der Waals surface area contributed by atoms with Crippen molar-refractivity contribution in [3.63, 3.8) is 0 Å². The van der Waals surface area contributed by atoms with Crippen molar-refractivity contribution in [1.82, 2.24) is 10.2 Å². The number of hydrogen-bond donors (Lipinski definition) is 1. The summed E-state index contributed by atoms with van der Waals surface area (Å²) >= 11 is 0. The largest absolute Gasteiger partial charge is 0.328 e. The van der Waals surface area contributed by atoms with Crippen molar-refractivity contribution in [3.05, 3.63) is 77.0 Å². The third-order valence-corrected chi connectivity index (χ3v) is 8.71. The summed E-state index contributed by atoms with van der Waals surface area (Å²) in [5.74, 6) is 2.07. The molecular weight excluding hydrogens is 442 g/mol. The molecule has 36 heavy (non-hydrogen) atoms. The standard InChI is InChI=1S/C31H39N5/c1-22(2)32-18-25-10-7-11-27-29(25)31(14-16-35(17-15-31)19-24-8-5-4-6-9-24)20-36(27)30-28-23(3)12-13-26(28)33-21-34-30/h4-11,13,21-23,28,32H,12,14-20H2,1-3H3/t23-,28?/m1/s1. The molecule has 5 heteroatoms. The van der Waals surface area contributed by atoms with Crippen molar-refractivity contribution in [2.24, 2.45) is 21.8 Å². The molecular formula is C31H39N5. The average Bonchev–Trinajstić information content (AvgIpc) is 3.43. The summed E-state index contributed by atoms with van der Waals surface area (Å²) in [7, 11) is 0. The van der Waals surface area contributed by atoms with E-state index in [9.17, 15) is 0 Å². The van der Waals surface area contributed by atoms with Crippen LogP contribution in [0.1, 0.15) is 56.7 Å². The van der Waals surface area contributed by atoms with Gasteiger partial charge >= 0.3 is 0 Å². The topological polar surface area (TPSA) is 43.2 Å². The van der Waals surface area contributed by atoms with Gasteiger partial charge in [-0.1, -0.05) is 69.3 Å². The Bertz CT molecular complexity index is 1190. The fraction of sp³-hybridized carbons (Fsp3) is 0.484. The van der Waals surface area contributed by atoms with Crippen molar-refractivity contribution in [2.45, 2.75) is 64.6 Å². The quantitative estimate of drug-likeness (QED) is 0.612. The van der Waals surface area contributed by atoms with Crippen LogP contribution in [-0.4, -0.2) is 42.8 Å². The maximum Gasteiger partial charge on any atom is 0.120 e. The van der Waals surface area contributed by atoms with Crippen LogP contribution in [0.5, 0.6) is 0 Å². The van der Waals surface area contributed by atoms with Crippen LogP contribution in [0.4, 0.5) is 5.69 Å². The Hall–Kier alpha value is -2.76. The van der Waals surface area contributed by atoms with E-state index in [0.29, 0.717) is 17.9 Å². The number of amidine groups is 1. The van der Waals surface area contributed by atoms with E-state index in [4.69, 9.17) is 4.99 Å². The smallest absolute Gasteiger partial charge is 0.120 e. The molecule has 1 N–H and O–H groups in total. The molecule has 1 aliphatic carbocycles. The number of anilines is 1. The highest BCUT2D eigenvalue weighted by atomic mass is 15.3. The van der Waals surface area contributed by atoms with E-state index in [1.165, 1.54) is 41.2 Å². The van der Waals surface area contributed by atoms with Crippen LogP contribution in [-0.2, 0) is 18.5 Å². The number of piperidine rings is 1. The lowest BCUT2D eigenvalue weighted by Crippen LogP contribution is -2.47. The first-order valence-electron chi connectivity index (χ1n) is 13.7. The second-order valence-electron chi connectivity index (χ2n) is 11.5. The van der Waals surface area contributed by atoms with Gasteiger partial charge in [0.2, 0.25) is 0 Å². The van der Waals surface area contributed by atoms with Gasteiger partial charge in [-0.2, -0.15) is 0 Å². The highest BCUT2D eigenvalue weighted by molar-refractivity contribution is 6.07. The summed E-state index contributed by atoms with van der Waals surface area (Å²) in [6.45, 7) is 12.1. The zero-order chi connectivity index (χ0) is 24.7. The third-order valence-electron chi connectivity index (χ3n) is 8.71. The van der Waals surface area contributed by atoms with Gasteiger partial charge in [0.1, 0.15) is 12.2 Å². The molecule has 3 aliphatic heterocycles.